The molecule has 0 amide bonds. The molecule has 0 aromatic rings. The summed E-state index contributed by atoms with van der Waals surface area (Å²) in [5.74, 6) is 0. The van der Waals surface area contributed by atoms with Crippen molar-refractivity contribution in [1.29, 1.82) is 5.41 Å². The van der Waals surface area contributed by atoms with Crippen LogP contribution in [0.25, 0.3) is 0 Å². The lowest BCUT2D eigenvalue weighted by Crippen LogP contribution is -1.85. The van der Waals surface area contributed by atoms with Crippen molar-refractivity contribution < 1.29 is 0 Å². The summed E-state index contributed by atoms with van der Waals surface area (Å²) >= 11 is 0. The van der Waals surface area contributed by atoms with E-state index in [1.807, 2.05) is 0 Å². The molecule has 0 saturated carbocycles. The van der Waals surface area contributed by atoms with Crippen molar-refractivity contribution in [2.24, 2.45) is 10.2 Å². The third kappa shape index (κ3) is 5.01. The Kier molecular flexibility index (Phi) is 3.66. The summed E-state index contributed by atoms with van der Waals surface area (Å²) in [4.78, 5) is 0. The molecular formula is C5H9N3. The van der Waals surface area contributed by atoms with E-state index in [0.717, 1.165) is 0 Å². The third-order valence-electron chi connectivity index (χ3n) is 0.434. The van der Waals surface area contributed by atoms with Crippen LogP contribution in [0.4, 0.5) is 0 Å². The van der Waals surface area contributed by atoms with Crippen LogP contribution in [0.2, 0.25) is 0 Å². The summed E-state index contributed by atoms with van der Waals surface area (Å²) in [5.41, 5.74) is 0.413. The van der Waals surface area contributed by atoms with E-state index in [2.05, 4.69) is 10.2 Å². The van der Waals surface area contributed by atoms with Gasteiger partial charge in [0.1, 0.15) is 0 Å². The Morgan fingerprint density at radius 3 is 2.50 bits per heavy atom. The second-order valence-electron chi connectivity index (χ2n) is 1.30. The largest absolute Gasteiger partial charge is 0.304 e. The number of hydrogen-bond donors (Lipinski definition) is 1. The van der Waals surface area contributed by atoms with Crippen molar-refractivity contribution in [3.05, 3.63) is 0 Å². The zero-order valence-corrected chi connectivity index (χ0v) is 5.05. The highest BCUT2D eigenvalue weighted by molar-refractivity contribution is 6.27. The molecule has 0 spiro atoms. The molecule has 0 rings (SSSR count). The van der Waals surface area contributed by atoms with Crippen LogP contribution in [-0.4, -0.2) is 18.1 Å². The van der Waals surface area contributed by atoms with Gasteiger partial charge in [-0.1, -0.05) is 0 Å². The van der Waals surface area contributed by atoms with Crippen LogP contribution in [0.3, 0.4) is 0 Å². The van der Waals surface area contributed by atoms with Crippen molar-refractivity contribution in [1.82, 2.24) is 0 Å². The second-order valence-corrected chi connectivity index (χ2v) is 1.30. The van der Waals surface area contributed by atoms with Crippen LogP contribution in [0, 0.1) is 5.41 Å². The van der Waals surface area contributed by atoms with E-state index >= 15 is 0 Å². The average molecular weight is 111 g/mol. The van der Waals surface area contributed by atoms with Gasteiger partial charge in [-0.25, -0.2) is 0 Å². The first-order valence-corrected chi connectivity index (χ1v) is 2.33. The smallest absolute Gasteiger partial charge is 0.0700 e. The Balaban J connectivity index is 3.50. The van der Waals surface area contributed by atoms with Gasteiger partial charge in [0.25, 0.3) is 0 Å². The lowest BCUT2D eigenvalue weighted by atomic mass is 10.5. The van der Waals surface area contributed by atoms with Crippen molar-refractivity contribution in [2.45, 2.75) is 13.8 Å². The molecule has 8 heavy (non-hydrogen) atoms. The minimum absolute atomic E-state index is 0.413. The first-order chi connectivity index (χ1) is 3.77. The quantitative estimate of drug-likeness (QED) is 0.410. The van der Waals surface area contributed by atoms with Crippen LogP contribution in [0.5, 0.6) is 0 Å². The van der Waals surface area contributed by atoms with Crippen LogP contribution in [0.1, 0.15) is 13.8 Å². The maximum atomic E-state index is 6.85. The van der Waals surface area contributed by atoms with Crippen LogP contribution in [0.15, 0.2) is 10.2 Å². The highest BCUT2D eigenvalue weighted by Crippen LogP contribution is 1.66. The predicted molar refractivity (Wildman–Crippen MR) is 36.1 cm³/mol. The molecule has 0 aromatic carbocycles. The summed E-state index contributed by atoms with van der Waals surface area (Å²) in [6.45, 7) is 3.42. The molecular weight excluding hydrogens is 102 g/mol. The minimum Gasteiger partial charge on any atom is -0.304 e. The van der Waals surface area contributed by atoms with E-state index in [4.69, 9.17) is 5.41 Å². The van der Waals surface area contributed by atoms with Crippen LogP contribution in [-0.2, 0) is 0 Å². The van der Waals surface area contributed by atoms with Gasteiger partial charge in [-0.2, -0.15) is 10.2 Å². The molecule has 0 aromatic heterocycles. The van der Waals surface area contributed by atoms with Crippen molar-refractivity contribution in [2.75, 3.05) is 0 Å². The van der Waals surface area contributed by atoms with Gasteiger partial charge < -0.3 is 5.41 Å². The summed E-state index contributed by atoms with van der Waals surface area (Å²) in [7, 11) is 0. The summed E-state index contributed by atoms with van der Waals surface area (Å²) in [6, 6.07) is 0. The van der Waals surface area contributed by atoms with E-state index in [-0.39, 0.29) is 0 Å². The Morgan fingerprint density at radius 1 is 1.50 bits per heavy atom. The summed E-state index contributed by atoms with van der Waals surface area (Å²) in [6.07, 6.45) is 2.96. The van der Waals surface area contributed by atoms with Gasteiger partial charge in [-0.3, -0.25) is 0 Å². The number of nitrogens with one attached hydrogen (secondary N) is 1. The Bertz CT molecular complexity index is 124. The molecule has 0 bridgehead atoms. The zero-order valence-electron chi connectivity index (χ0n) is 5.05. The van der Waals surface area contributed by atoms with Gasteiger partial charge >= 0.3 is 0 Å². The highest BCUT2D eigenvalue weighted by atomic mass is 15.2. The summed E-state index contributed by atoms with van der Waals surface area (Å²) < 4.78 is 0. The third-order valence-corrected chi connectivity index (χ3v) is 0.434. The standard InChI is InChI=1S/C5H9N3/c1-3-7-8-4-5(2)6/h3-4,6H,1-2H3/b6-5?,7-3-,8-4-. The molecule has 0 aliphatic carbocycles. The fraction of sp³-hybridized carbons (Fsp3) is 0.400. The van der Waals surface area contributed by atoms with Gasteiger partial charge in [0.05, 0.1) is 6.21 Å². The van der Waals surface area contributed by atoms with Crippen LogP contribution < -0.4 is 0 Å². The van der Waals surface area contributed by atoms with Crippen molar-refractivity contribution >= 4 is 18.1 Å². The van der Waals surface area contributed by atoms with E-state index in [1.54, 1.807) is 20.1 Å². The van der Waals surface area contributed by atoms with E-state index in [9.17, 15) is 0 Å². The molecule has 0 aliphatic heterocycles. The summed E-state index contributed by atoms with van der Waals surface area (Å²) in [5, 5.41) is 13.9. The molecule has 3 heteroatoms. The maximum Gasteiger partial charge on any atom is 0.0700 e. The molecule has 44 valence electrons. The number of nitrogens with zero attached hydrogens (tertiary/aromatic N) is 2. The SMILES string of the molecule is C/C=N\N=C/C(C)=N. The second kappa shape index (κ2) is 4.18. The lowest BCUT2D eigenvalue weighted by molar-refractivity contribution is 1.27. The lowest BCUT2D eigenvalue weighted by Gasteiger charge is -1.75. The van der Waals surface area contributed by atoms with E-state index in [0.29, 0.717) is 5.71 Å². The van der Waals surface area contributed by atoms with Gasteiger partial charge in [-0.05, 0) is 13.8 Å². The number of rotatable bonds is 2. The Labute approximate surface area is 48.6 Å². The van der Waals surface area contributed by atoms with Crippen molar-refractivity contribution in [3.63, 3.8) is 0 Å². The molecule has 0 fully saturated rings. The normalized spacial score (nSPS) is 11.2. The first kappa shape index (κ1) is 7.01. The number of hydrogen-bond acceptors (Lipinski definition) is 3. The molecule has 0 saturated heterocycles. The maximum absolute atomic E-state index is 6.85. The predicted octanol–water partition coefficient (Wildman–Crippen LogP) is 1.10. The van der Waals surface area contributed by atoms with Gasteiger partial charge in [0.15, 0.2) is 0 Å². The molecule has 0 unspecified atom stereocenters. The zero-order chi connectivity index (χ0) is 6.41. The van der Waals surface area contributed by atoms with E-state index in [1.165, 1.54) is 6.21 Å². The van der Waals surface area contributed by atoms with Gasteiger partial charge in [0, 0.05) is 11.9 Å². The fourth-order valence-electron chi connectivity index (χ4n) is 0.187. The monoisotopic (exact) mass is 111 g/mol. The molecule has 1 N–H and O–H groups in total. The Morgan fingerprint density at radius 2 is 2.12 bits per heavy atom. The highest BCUT2D eigenvalue weighted by Gasteiger charge is 1.71. The van der Waals surface area contributed by atoms with Gasteiger partial charge in [-0.15, -0.1) is 0 Å². The topological polar surface area (TPSA) is 48.6 Å². The Hall–Kier alpha value is -0.990. The fourth-order valence-corrected chi connectivity index (χ4v) is 0.187. The molecule has 0 aliphatic rings. The van der Waals surface area contributed by atoms with E-state index < -0.39 is 0 Å². The average Bonchev–Trinajstić information content (AvgIpc) is 1.66. The van der Waals surface area contributed by atoms with Crippen LogP contribution >= 0.6 is 0 Å². The molecule has 3 nitrogen and oxygen atoms in total. The van der Waals surface area contributed by atoms with Crippen molar-refractivity contribution in [3.8, 4) is 0 Å². The minimum atomic E-state index is 0.413. The molecule has 0 atom stereocenters. The molecule has 0 heterocycles. The first-order valence-electron chi connectivity index (χ1n) is 2.33. The molecule has 0 radical (unpaired) electrons. The van der Waals surface area contributed by atoms with Gasteiger partial charge in [0.2, 0.25) is 0 Å².